The number of amides is 2. The molecule has 2 fully saturated rings. The van der Waals surface area contributed by atoms with Crippen LogP contribution in [0.1, 0.15) is 44.1 Å². The van der Waals surface area contributed by atoms with Crippen molar-refractivity contribution in [2.24, 2.45) is 5.92 Å². The monoisotopic (exact) mass is 377 g/mol. The number of benzene rings is 1. The first-order valence-electron chi connectivity index (χ1n) is 9.50. The van der Waals surface area contributed by atoms with Crippen LogP contribution in [-0.2, 0) is 16.0 Å². The quantitative estimate of drug-likeness (QED) is 0.848. The Hall–Kier alpha value is -1.59. The molecular formula is C20H28ClN3O2. The van der Waals surface area contributed by atoms with Gasteiger partial charge in [0.25, 0.3) is 0 Å². The lowest BCUT2D eigenvalue weighted by Gasteiger charge is -2.36. The van der Waals surface area contributed by atoms with E-state index in [0.29, 0.717) is 31.0 Å². The van der Waals surface area contributed by atoms with Crippen molar-refractivity contribution in [2.75, 3.05) is 12.4 Å². The average molecular weight is 378 g/mol. The topological polar surface area (TPSA) is 61.4 Å². The third-order valence-electron chi connectivity index (χ3n) is 6.21. The molecule has 3 aliphatic rings. The summed E-state index contributed by atoms with van der Waals surface area (Å²) < 4.78 is 0. The molecule has 3 heterocycles. The van der Waals surface area contributed by atoms with Crippen LogP contribution in [0.3, 0.4) is 0 Å². The van der Waals surface area contributed by atoms with E-state index in [4.69, 9.17) is 0 Å². The Kier molecular flexibility index (Phi) is 5.88. The lowest BCUT2D eigenvalue weighted by molar-refractivity contribution is -0.133. The van der Waals surface area contributed by atoms with E-state index in [1.807, 2.05) is 30.1 Å². The number of anilines is 1. The van der Waals surface area contributed by atoms with E-state index in [1.54, 1.807) is 0 Å². The maximum absolute atomic E-state index is 12.6. The highest BCUT2D eigenvalue weighted by atomic mass is 35.5. The minimum absolute atomic E-state index is 0. The molecule has 1 aromatic rings. The third kappa shape index (κ3) is 3.89. The normalized spacial score (nSPS) is 29.3. The Balaban J connectivity index is 0.00000196. The van der Waals surface area contributed by atoms with Crippen molar-refractivity contribution in [1.82, 2.24) is 10.2 Å². The van der Waals surface area contributed by atoms with E-state index in [2.05, 4.69) is 16.7 Å². The van der Waals surface area contributed by atoms with Gasteiger partial charge < -0.3 is 15.5 Å². The van der Waals surface area contributed by atoms with Crippen LogP contribution in [0.15, 0.2) is 24.3 Å². The zero-order chi connectivity index (χ0) is 17.4. The number of para-hydroxylation sites is 1. The summed E-state index contributed by atoms with van der Waals surface area (Å²) in [6, 6.07) is 9.45. The van der Waals surface area contributed by atoms with Gasteiger partial charge >= 0.3 is 0 Å². The van der Waals surface area contributed by atoms with E-state index in [0.717, 1.165) is 24.9 Å². The number of rotatable bonds is 4. The van der Waals surface area contributed by atoms with Crippen molar-refractivity contribution in [2.45, 2.75) is 63.1 Å². The average Bonchev–Trinajstić information content (AvgIpc) is 2.96. The standard InChI is InChI=1S/C20H27N3O2.ClH/c1-23(17-11-15-7-8-16(12-17)21-15)19(24)9-6-14-10-13-4-2-3-5-18(13)22-20(14)25;/h2-5,14-17,21H,6-12H2,1H3,(H,22,25);1H. The second-order valence-electron chi connectivity index (χ2n) is 7.85. The van der Waals surface area contributed by atoms with Gasteiger partial charge in [0.2, 0.25) is 11.8 Å². The van der Waals surface area contributed by atoms with Crippen LogP contribution in [-0.4, -0.2) is 41.9 Å². The molecule has 2 saturated heterocycles. The maximum atomic E-state index is 12.6. The Bertz CT molecular complexity index is 669. The Morgan fingerprint density at radius 2 is 1.88 bits per heavy atom. The van der Waals surface area contributed by atoms with E-state index in [9.17, 15) is 9.59 Å². The molecule has 2 amide bonds. The summed E-state index contributed by atoms with van der Waals surface area (Å²) in [4.78, 5) is 26.9. The summed E-state index contributed by atoms with van der Waals surface area (Å²) in [6.07, 6.45) is 6.43. The molecule has 2 bridgehead atoms. The molecule has 0 saturated carbocycles. The molecule has 0 radical (unpaired) electrons. The summed E-state index contributed by atoms with van der Waals surface area (Å²) in [5.74, 6) is 0.128. The molecule has 6 heteroatoms. The van der Waals surface area contributed by atoms with Gasteiger partial charge in [-0.1, -0.05) is 18.2 Å². The van der Waals surface area contributed by atoms with Gasteiger partial charge in [0.15, 0.2) is 0 Å². The molecule has 0 aromatic heterocycles. The predicted molar refractivity (Wildman–Crippen MR) is 104 cm³/mol. The van der Waals surface area contributed by atoms with Crippen LogP contribution < -0.4 is 10.6 Å². The van der Waals surface area contributed by atoms with Gasteiger partial charge in [0, 0.05) is 43.2 Å². The first kappa shape index (κ1) is 19.2. The molecular weight excluding hydrogens is 350 g/mol. The smallest absolute Gasteiger partial charge is 0.227 e. The highest BCUT2D eigenvalue weighted by molar-refractivity contribution is 5.96. The number of hydrogen-bond donors (Lipinski definition) is 2. The summed E-state index contributed by atoms with van der Waals surface area (Å²) in [5.41, 5.74) is 2.08. The van der Waals surface area contributed by atoms with Crippen molar-refractivity contribution in [1.29, 1.82) is 0 Å². The van der Waals surface area contributed by atoms with E-state index < -0.39 is 0 Å². The summed E-state index contributed by atoms with van der Waals surface area (Å²) >= 11 is 0. The molecule has 5 nitrogen and oxygen atoms in total. The molecule has 142 valence electrons. The predicted octanol–water partition coefficient (Wildman–Crippen LogP) is 2.74. The highest BCUT2D eigenvalue weighted by Crippen LogP contribution is 2.31. The fourth-order valence-corrected chi connectivity index (χ4v) is 4.67. The summed E-state index contributed by atoms with van der Waals surface area (Å²) in [5, 5.41) is 6.60. The summed E-state index contributed by atoms with van der Waals surface area (Å²) in [6.45, 7) is 0. The van der Waals surface area contributed by atoms with Crippen molar-refractivity contribution in [3.8, 4) is 0 Å². The second-order valence-corrected chi connectivity index (χ2v) is 7.85. The van der Waals surface area contributed by atoms with Crippen LogP contribution in [0.5, 0.6) is 0 Å². The van der Waals surface area contributed by atoms with Crippen LogP contribution in [0.2, 0.25) is 0 Å². The zero-order valence-corrected chi connectivity index (χ0v) is 16.1. The van der Waals surface area contributed by atoms with Crippen molar-refractivity contribution in [3.63, 3.8) is 0 Å². The number of fused-ring (bicyclic) bond motifs is 3. The van der Waals surface area contributed by atoms with Gasteiger partial charge in [0.1, 0.15) is 0 Å². The number of halogens is 1. The molecule has 3 aliphatic heterocycles. The Morgan fingerprint density at radius 3 is 2.62 bits per heavy atom. The van der Waals surface area contributed by atoms with E-state index in [-0.39, 0.29) is 30.1 Å². The molecule has 26 heavy (non-hydrogen) atoms. The number of piperidine rings is 1. The van der Waals surface area contributed by atoms with Crippen molar-refractivity contribution in [3.05, 3.63) is 29.8 Å². The number of hydrogen-bond acceptors (Lipinski definition) is 3. The van der Waals surface area contributed by atoms with Crippen LogP contribution in [0, 0.1) is 5.92 Å². The number of carbonyl (C=O) groups excluding carboxylic acids is 2. The van der Waals surface area contributed by atoms with Gasteiger partial charge in [-0.15, -0.1) is 12.4 Å². The van der Waals surface area contributed by atoms with Crippen LogP contribution in [0.25, 0.3) is 0 Å². The van der Waals surface area contributed by atoms with Gasteiger partial charge in [-0.3, -0.25) is 9.59 Å². The Morgan fingerprint density at radius 1 is 1.19 bits per heavy atom. The SMILES string of the molecule is CN(C(=O)CCC1Cc2ccccc2NC1=O)C1CC2CCC(C1)N2.Cl. The number of nitrogens with one attached hydrogen (secondary N) is 2. The molecule has 3 atom stereocenters. The molecule has 0 spiro atoms. The lowest BCUT2D eigenvalue weighted by atomic mass is 9.89. The lowest BCUT2D eigenvalue weighted by Crippen LogP contribution is -2.48. The minimum atomic E-state index is -0.101. The van der Waals surface area contributed by atoms with Crippen molar-refractivity contribution >= 4 is 29.9 Å². The molecule has 4 rings (SSSR count). The van der Waals surface area contributed by atoms with Crippen LogP contribution in [0.4, 0.5) is 5.69 Å². The largest absolute Gasteiger partial charge is 0.343 e. The minimum Gasteiger partial charge on any atom is -0.343 e. The summed E-state index contributed by atoms with van der Waals surface area (Å²) in [7, 11) is 1.94. The second kappa shape index (κ2) is 7.97. The third-order valence-corrected chi connectivity index (χ3v) is 6.21. The highest BCUT2D eigenvalue weighted by Gasteiger charge is 2.36. The number of nitrogens with zero attached hydrogens (tertiary/aromatic N) is 1. The Labute approximate surface area is 161 Å². The fraction of sp³-hybridized carbons (Fsp3) is 0.600. The van der Waals surface area contributed by atoms with E-state index in [1.165, 1.54) is 18.4 Å². The molecule has 1 aromatic carbocycles. The molecule has 0 aliphatic carbocycles. The van der Waals surface area contributed by atoms with Gasteiger partial charge in [-0.2, -0.15) is 0 Å². The molecule has 2 N–H and O–H groups in total. The van der Waals surface area contributed by atoms with Gasteiger partial charge in [-0.25, -0.2) is 0 Å². The number of carbonyl (C=O) groups is 2. The first-order chi connectivity index (χ1) is 12.1. The van der Waals surface area contributed by atoms with Crippen LogP contribution >= 0.6 is 12.4 Å². The zero-order valence-electron chi connectivity index (χ0n) is 15.2. The van der Waals surface area contributed by atoms with E-state index >= 15 is 0 Å². The first-order valence-corrected chi connectivity index (χ1v) is 9.50. The van der Waals surface area contributed by atoms with Gasteiger partial charge in [-0.05, 0) is 50.2 Å². The van der Waals surface area contributed by atoms with Crippen molar-refractivity contribution < 1.29 is 9.59 Å². The van der Waals surface area contributed by atoms with Gasteiger partial charge in [0.05, 0.1) is 0 Å². The fourth-order valence-electron chi connectivity index (χ4n) is 4.67. The maximum Gasteiger partial charge on any atom is 0.227 e. The molecule has 3 unspecified atom stereocenters.